The molecule has 0 radical (unpaired) electrons. The molecule has 8 heteroatoms. The molecule has 1 aromatic carbocycles. The van der Waals surface area contributed by atoms with Gasteiger partial charge in [0, 0.05) is 6.54 Å². The van der Waals surface area contributed by atoms with Crippen LogP contribution in [-0.2, 0) is 6.42 Å². The summed E-state index contributed by atoms with van der Waals surface area (Å²) in [4.78, 5) is 28.4. The summed E-state index contributed by atoms with van der Waals surface area (Å²) >= 11 is 0.991. The number of thiazole rings is 1. The molecular formula is C14H11F2N3O2S. The van der Waals surface area contributed by atoms with Crippen LogP contribution >= 0.6 is 11.3 Å². The smallest absolute Gasteiger partial charge is 0.263 e. The second-order valence-corrected chi connectivity index (χ2v) is 5.70. The van der Waals surface area contributed by atoms with E-state index in [-0.39, 0.29) is 11.0 Å². The van der Waals surface area contributed by atoms with Crippen LogP contribution in [0.2, 0.25) is 0 Å². The van der Waals surface area contributed by atoms with Crippen LogP contribution in [0, 0.1) is 11.6 Å². The number of aryl methyl sites for hydroxylation is 1. The minimum atomic E-state index is -0.951. The van der Waals surface area contributed by atoms with Crippen molar-refractivity contribution in [1.82, 2.24) is 10.3 Å². The van der Waals surface area contributed by atoms with Crippen LogP contribution in [-0.4, -0.2) is 23.3 Å². The predicted molar refractivity (Wildman–Crippen MR) is 77.1 cm³/mol. The monoisotopic (exact) mass is 323 g/mol. The molecule has 0 bridgehead atoms. The van der Waals surface area contributed by atoms with Gasteiger partial charge in [-0.3, -0.25) is 14.9 Å². The lowest BCUT2D eigenvalue weighted by Crippen LogP contribution is -2.21. The van der Waals surface area contributed by atoms with Gasteiger partial charge < -0.3 is 5.32 Å². The number of aromatic nitrogens is 1. The van der Waals surface area contributed by atoms with Crippen molar-refractivity contribution in [3.05, 3.63) is 46.0 Å². The fourth-order valence-electron chi connectivity index (χ4n) is 2.16. The standard InChI is InChI=1S/C14H11F2N3O2S/c15-7-3-1-4-8(16)10(7)12(20)19-14-18-9-5-2-6-17-13(21)11(9)22-14/h1,3-4H,2,5-6H2,(H,17,21)(H,18,19,20). The highest BCUT2D eigenvalue weighted by molar-refractivity contribution is 7.17. The van der Waals surface area contributed by atoms with E-state index in [4.69, 9.17) is 0 Å². The van der Waals surface area contributed by atoms with Gasteiger partial charge in [-0.1, -0.05) is 17.4 Å². The maximum Gasteiger partial charge on any atom is 0.263 e. The average molecular weight is 323 g/mol. The molecule has 5 nitrogen and oxygen atoms in total. The van der Waals surface area contributed by atoms with Crippen LogP contribution in [0.25, 0.3) is 0 Å². The average Bonchev–Trinajstić information content (AvgIpc) is 2.78. The molecule has 2 aromatic rings. The topological polar surface area (TPSA) is 71.1 Å². The number of fused-ring (bicyclic) bond motifs is 1. The van der Waals surface area contributed by atoms with Crippen molar-refractivity contribution >= 4 is 28.3 Å². The number of hydrogen-bond acceptors (Lipinski definition) is 4. The Morgan fingerprint density at radius 1 is 1.32 bits per heavy atom. The van der Waals surface area contributed by atoms with Gasteiger partial charge in [0.1, 0.15) is 22.1 Å². The van der Waals surface area contributed by atoms with Crippen molar-refractivity contribution in [2.24, 2.45) is 0 Å². The first-order valence-corrected chi connectivity index (χ1v) is 7.41. The van der Waals surface area contributed by atoms with E-state index >= 15 is 0 Å². The summed E-state index contributed by atoms with van der Waals surface area (Å²) in [6.45, 7) is 0.573. The van der Waals surface area contributed by atoms with Crippen LogP contribution in [0.5, 0.6) is 0 Å². The molecule has 2 amide bonds. The number of amides is 2. The fourth-order valence-corrected chi connectivity index (χ4v) is 3.09. The van der Waals surface area contributed by atoms with Gasteiger partial charge in [-0.25, -0.2) is 13.8 Å². The first kappa shape index (κ1) is 14.6. The van der Waals surface area contributed by atoms with E-state index in [1.54, 1.807) is 0 Å². The molecule has 1 aromatic heterocycles. The lowest BCUT2D eigenvalue weighted by molar-refractivity contribution is 0.0958. The van der Waals surface area contributed by atoms with Gasteiger partial charge in [0.05, 0.1) is 5.69 Å². The van der Waals surface area contributed by atoms with Gasteiger partial charge in [0.15, 0.2) is 5.13 Å². The molecular weight excluding hydrogens is 312 g/mol. The predicted octanol–water partition coefficient (Wildman–Crippen LogP) is 2.35. The van der Waals surface area contributed by atoms with Gasteiger partial charge in [-0.2, -0.15) is 0 Å². The van der Waals surface area contributed by atoms with Gasteiger partial charge in [-0.05, 0) is 25.0 Å². The number of halogens is 2. The molecule has 22 heavy (non-hydrogen) atoms. The Morgan fingerprint density at radius 3 is 2.77 bits per heavy atom. The third-order valence-corrected chi connectivity index (χ3v) is 4.20. The zero-order valence-corrected chi connectivity index (χ0v) is 12.1. The van der Waals surface area contributed by atoms with Crippen LogP contribution in [0.4, 0.5) is 13.9 Å². The van der Waals surface area contributed by atoms with E-state index < -0.39 is 23.1 Å². The van der Waals surface area contributed by atoms with Crippen molar-refractivity contribution < 1.29 is 18.4 Å². The molecule has 114 valence electrons. The molecule has 0 saturated carbocycles. The third kappa shape index (κ3) is 2.69. The summed E-state index contributed by atoms with van der Waals surface area (Å²) in [6.07, 6.45) is 1.35. The zero-order valence-electron chi connectivity index (χ0n) is 11.3. The number of nitrogens with one attached hydrogen (secondary N) is 2. The minimum absolute atomic E-state index is 0.148. The first-order valence-electron chi connectivity index (χ1n) is 6.59. The summed E-state index contributed by atoms with van der Waals surface area (Å²) in [5, 5.41) is 5.21. The minimum Gasteiger partial charge on any atom is -0.351 e. The number of nitrogens with zero attached hydrogens (tertiary/aromatic N) is 1. The van der Waals surface area contributed by atoms with Gasteiger partial charge in [-0.15, -0.1) is 0 Å². The molecule has 0 atom stereocenters. The molecule has 0 unspecified atom stereocenters. The van der Waals surface area contributed by atoms with Crippen LogP contribution in [0.1, 0.15) is 32.1 Å². The summed E-state index contributed by atoms with van der Waals surface area (Å²) < 4.78 is 27.1. The van der Waals surface area contributed by atoms with E-state index in [2.05, 4.69) is 15.6 Å². The van der Waals surface area contributed by atoms with Crippen LogP contribution in [0.3, 0.4) is 0 Å². The molecule has 3 rings (SSSR count). The second kappa shape index (κ2) is 5.80. The summed E-state index contributed by atoms with van der Waals surface area (Å²) in [5.41, 5.74) is -0.0818. The first-order chi connectivity index (χ1) is 10.6. The van der Waals surface area contributed by atoms with Crippen LogP contribution < -0.4 is 10.6 Å². The summed E-state index contributed by atoms with van der Waals surface area (Å²) in [5.74, 6) is -3.08. The van der Waals surface area contributed by atoms with E-state index in [1.807, 2.05) is 0 Å². The second-order valence-electron chi connectivity index (χ2n) is 4.71. The van der Waals surface area contributed by atoms with Gasteiger partial charge >= 0.3 is 0 Å². The van der Waals surface area contributed by atoms with E-state index in [0.717, 1.165) is 29.9 Å². The SMILES string of the molecule is O=C1NCCCc2nc(NC(=O)c3c(F)cccc3F)sc21. The number of anilines is 1. The van der Waals surface area contributed by atoms with E-state index in [9.17, 15) is 18.4 Å². The Balaban J connectivity index is 1.86. The third-order valence-electron chi connectivity index (χ3n) is 3.19. The van der Waals surface area contributed by atoms with E-state index in [1.165, 1.54) is 6.07 Å². The molecule has 0 aliphatic carbocycles. The Hall–Kier alpha value is -2.35. The highest BCUT2D eigenvalue weighted by atomic mass is 32.1. The summed E-state index contributed by atoms with van der Waals surface area (Å²) in [7, 11) is 0. The fraction of sp³-hybridized carbons (Fsp3) is 0.214. The molecule has 2 N–H and O–H groups in total. The van der Waals surface area contributed by atoms with Gasteiger partial charge in [0.2, 0.25) is 0 Å². The molecule has 1 aliphatic heterocycles. The van der Waals surface area contributed by atoms with E-state index in [0.29, 0.717) is 23.5 Å². The number of carbonyl (C=O) groups is 2. The molecule has 2 heterocycles. The Kier molecular flexibility index (Phi) is 3.84. The largest absolute Gasteiger partial charge is 0.351 e. The zero-order chi connectivity index (χ0) is 15.7. The lowest BCUT2D eigenvalue weighted by Gasteiger charge is -2.04. The lowest BCUT2D eigenvalue weighted by atomic mass is 10.2. The van der Waals surface area contributed by atoms with Crippen molar-refractivity contribution in [3.8, 4) is 0 Å². The van der Waals surface area contributed by atoms with Crippen LogP contribution in [0.15, 0.2) is 18.2 Å². The van der Waals surface area contributed by atoms with Crippen molar-refractivity contribution in [3.63, 3.8) is 0 Å². The highest BCUT2D eigenvalue weighted by Crippen LogP contribution is 2.26. The number of rotatable bonds is 2. The molecule has 0 saturated heterocycles. The number of hydrogen-bond donors (Lipinski definition) is 2. The number of benzene rings is 1. The maximum absolute atomic E-state index is 13.6. The van der Waals surface area contributed by atoms with Crippen molar-refractivity contribution in [2.45, 2.75) is 12.8 Å². The normalized spacial score (nSPS) is 14.0. The quantitative estimate of drug-likeness (QED) is 0.891. The van der Waals surface area contributed by atoms with Crippen molar-refractivity contribution in [1.29, 1.82) is 0 Å². The number of carbonyl (C=O) groups excluding carboxylic acids is 2. The van der Waals surface area contributed by atoms with Gasteiger partial charge in [0.25, 0.3) is 11.8 Å². The molecule has 0 spiro atoms. The summed E-state index contributed by atoms with van der Waals surface area (Å²) in [6, 6.07) is 3.18. The molecule has 1 aliphatic rings. The Labute approximate surface area is 128 Å². The highest BCUT2D eigenvalue weighted by Gasteiger charge is 2.23. The Morgan fingerprint density at radius 2 is 2.05 bits per heavy atom. The molecule has 0 fully saturated rings. The van der Waals surface area contributed by atoms with Crippen molar-refractivity contribution in [2.75, 3.05) is 11.9 Å². The maximum atomic E-state index is 13.6. The Bertz CT molecular complexity index is 740.